The third kappa shape index (κ3) is 2.43. The van der Waals surface area contributed by atoms with Crippen LogP contribution in [0.3, 0.4) is 0 Å². The minimum Gasteiger partial charge on any atom is -0.303 e. The Morgan fingerprint density at radius 2 is 2.20 bits per heavy atom. The topological polar surface area (TPSA) is 53.6 Å². The first-order chi connectivity index (χ1) is 7.27. The van der Waals surface area contributed by atoms with Gasteiger partial charge in [0.25, 0.3) is 0 Å². The molecular weight excluding hydrogens is 208 g/mol. The number of aromatic nitrogens is 3. The molecule has 4 nitrogen and oxygen atoms in total. The van der Waals surface area contributed by atoms with Gasteiger partial charge in [-0.2, -0.15) is 5.10 Å². The summed E-state index contributed by atoms with van der Waals surface area (Å²) in [6.07, 6.45) is 5.67. The van der Waals surface area contributed by atoms with Crippen LogP contribution < -0.4 is 5.32 Å². The quantitative estimate of drug-likeness (QED) is 0.834. The zero-order valence-corrected chi connectivity index (χ0v) is 9.58. The Morgan fingerprint density at radius 3 is 2.80 bits per heavy atom. The van der Waals surface area contributed by atoms with Crippen molar-refractivity contribution in [2.45, 2.75) is 25.9 Å². The van der Waals surface area contributed by atoms with Crippen molar-refractivity contribution >= 4 is 11.3 Å². The summed E-state index contributed by atoms with van der Waals surface area (Å²) in [7, 11) is 0. The number of H-pyrrole nitrogens is 1. The molecule has 2 aromatic rings. The molecule has 2 rings (SSSR count). The van der Waals surface area contributed by atoms with Crippen molar-refractivity contribution in [3.05, 3.63) is 34.5 Å². The molecule has 0 saturated heterocycles. The molecule has 2 unspecified atom stereocenters. The second-order valence-corrected chi connectivity index (χ2v) is 4.46. The Labute approximate surface area is 92.8 Å². The first kappa shape index (κ1) is 10.3. The Balaban J connectivity index is 1.98. The molecule has 0 aliphatic rings. The highest BCUT2D eigenvalue weighted by Gasteiger charge is 2.12. The van der Waals surface area contributed by atoms with Gasteiger partial charge in [-0.25, -0.2) is 0 Å². The highest BCUT2D eigenvalue weighted by Crippen LogP contribution is 2.20. The fourth-order valence-corrected chi connectivity index (χ4v) is 2.13. The fraction of sp³-hybridized carbons (Fsp3) is 0.400. The summed E-state index contributed by atoms with van der Waals surface area (Å²) in [5.74, 6) is 0. The van der Waals surface area contributed by atoms with Crippen LogP contribution in [0.2, 0.25) is 0 Å². The number of aromatic amines is 1. The molecular formula is C10H14N4S. The zero-order chi connectivity index (χ0) is 10.7. The first-order valence-corrected chi connectivity index (χ1v) is 5.78. The summed E-state index contributed by atoms with van der Waals surface area (Å²) in [4.78, 5) is 5.33. The van der Waals surface area contributed by atoms with Crippen molar-refractivity contribution in [2.24, 2.45) is 0 Å². The van der Waals surface area contributed by atoms with Crippen LogP contribution in [0.5, 0.6) is 0 Å². The van der Waals surface area contributed by atoms with Gasteiger partial charge in [-0.1, -0.05) is 0 Å². The number of thiazole rings is 1. The van der Waals surface area contributed by atoms with Crippen LogP contribution >= 0.6 is 11.3 Å². The number of rotatable bonds is 4. The minimum absolute atomic E-state index is 0.292. The van der Waals surface area contributed by atoms with E-state index in [2.05, 4.69) is 34.3 Å². The lowest BCUT2D eigenvalue weighted by molar-refractivity contribution is 0.500. The number of nitrogens with one attached hydrogen (secondary N) is 2. The van der Waals surface area contributed by atoms with Crippen LogP contribution in [-0.4, -0.2) is 15.2 Å². The summed E-state index contributed by atoms with van der Waals surface area (Å²) in [6.45, 7) is 4.27. The fourth-order valence-electron chi connectivity index (χ4n) is 1.49. The molecule has 0 fully saturated rings. The molecule has 0 aliphatic carbocycles. The van der Waals surface area contributed by atoms with Crippen molar-refractivity contribution in [3.8, 4) is 0 Å². The summed E-state index contributed by atoms with van der Waals surface area (Å²) in [5.41, 5.74) is 3.03. The van der Waals surface area contributed by atoms with Gasteiger partial charge in [0.05, 0.1) is 11.7 Å². The van der Waals surface area contributed by atoms with Gasteiger partial charge >= 0.3 is 0 Å². The smallest absolute Gasteiger partial charge is 0.0794 e. The highest BCUT2D eigenvalue weighted by molar-refractivity contribution is 7.09. The van der Waals surface area contributed by atoms with Crippen LogP contribution in [0.15, 0.2) is 24.1 Å². The van der Waals surface area contributed by atoms with Gasteiger partial charge in [-0.05, 0) is 13.8 Å². The maximum atomic E-state index is 4.07. The minimum atomic E-state index is 0.292. The second kappa shape index (κ2) is 4.55. The predicted octanol–water partition coefficient (Wildman–Crippen LogP) is 2.28. The van der Waals surface area contributed by atoms with Crippen molar-refractivity contribution in [2.75, 3.05) is 0 Å². The average Bonchev–Trinajstić information content (AvgIpc) is 2.91. The first-order valence-electron chi connectivity index (χ1n) is 4.90. The van der Waals surface area contributed by atoms with Crippen LogP contribution in [0.25, 0.3) is 0 Å². The van der Waals surface area contributed by atoms with Gasteiger partial charge in [0, 0.05) is 34.9 Å². The molecule has 5 heteroatoms. The van der Waals surface area contributed by atoms with E-state index in [9.17, 15) is 0 Å². The van der Waals surface area contributed by atoms with E-state index in [0.29, 0.717) is 12.1 Å². The summed E-state index contributed by atoms with van der Waals surface area (Å²) in [5, 5.41) is 10.3. The van der Waals surface area contributed by atoms with Crippen molar-refractivity contribution < 1.29 is 0 Å². The van der Waals surface area contributed by atoms with E-state index < -0.39 is 0 Å². The summed E-state index contributed by atoms with van der Waals surface area (Å²) >= 11 is 1.67. The largest absolute Gasteiger partial charge is 0.303 e. The van der Waals surface area contributed by atoms with Crippen molar-refractivity contribution in [1.29, 1.82) is 0 Å². The van der Waals surface area contributed by atoms with E-state index in [1.165, 1.54) is 10.4 Å². The Morgan fingerprint density at radius 1 is 1.33 bits per heavy atom. The molecule has 2 N–H and O–H groups in total. The number of hydrogen-bond acceptors (Lipinski definition) is 4. The van der Waals surface area contributed by atoms with E-state index in [4.69, 9.17) is 0 Å². The maximum Gasteiger partial charge on any atom is 0.0794 e. The third-order valence-electron chi connectivity index (χ3n) is 2.40. The molecule has 0 aromatic carbocycles. The van der Waals surface area contributed by atoms with Crippen molar-refractivity contribution in [1.82, 2.24) is 20.5 Å². The summed E-state index contributed by atoms with van der Waals surface area (Å²) in [6, 6.07) is 0.614. The van der Waals surface area contributed by atoms with E-state index in [-0.39, 0.29) is 0 Å². The average molecular weight is 222 g/mol. The van der Waals surface area contributed by atoms with E-state index in [1.807, 2.05) is 24.1 Å². The molecule has 0 spiro atoms. The molecule has 2 heterocycles. The van der Waals surface area contributed by atoms with E-state index in [1.54, 1.807) is 11.3 Å². The molecule has 2 atom stereocenters. The van der Waals surface area contributed by atoms with Crippen molar-refractivity contribution in [3.63, 3.8) is 0 Å². The zero-order valence-electron chi connectivity index (χ0n) is 8.77. The lowest BCUT2D eigenvalue weighted by Crippen LogP contribution is -2.21. The Hall–Kier alpha value is -1.20. The lowest BCUT2D eigenvalue weighted by Gasteiger charge is -2.17. The normalized spacial score (nSPS) is 15.1. The predicted molar refractivity (Wildman–Crippen MR) is 60.7 cm³/mol. The molecule has 0 amide bonds. The van der Waals surface area contributed by atoms with Gasteiger partial charge < -0.3 is 5.32 Å². The molecule has 0 radical (unpaired) electrons. The standard InChI is InChI=1S/C10H14N4S/c1-7(9-3-12-13-4-9)14-8(2)10-5-11-6-15-10/h3-8,14H,1-2H3,(H,12,13). The molecule has 15 heavy (non-hydrogen) atoms. The Bertz CT molecular complexity index is 343. The lowest BCUT2D eigenvalue weighted by atomic mass is 10.1. The highest BCUT2D eigenvalue weighted by atomic mass is 32.1. The van der Waals surface area contributed by atoms with Crippen LogP contribution in [0, 0.1) is 0 Å². The van der Waals surface area contributed by atoms with Gasteiger partial charge in [0.2, 0.25) is 0 Å². The number of hydrogen-bond donors (Lipinski definition) is 2. The molecule has 0 aliphatic heterocycles. The molecule has 0 saturated carbocycles. The molecule has 80 valence electrons. The van der Waals surface area contributed by atoms with Crippen LogP contribution in [0.1, 0.15) is 36.4 Å². The summed E-state index contributed by atoms with van der Waals surface area (Å²) < 4.78 is 0. The van der Waals surface area contributed by atoms with Gasteiger partial charge in [-0.3, -0.25) is 10.1 Å². The number of nitrogens with zero attached hydrogens (tertiary/aromatic N) is 2. The molecule has 0 bridgehead atoms. The van der Waals surface area contributed by atoms with Gasteiger partial charge in [-0.15, -0.1) is 11.3 Å². The third-order valence-corrected chi connectivity index (χ3v) is 3.36. The molecule has 2 aromatic heterocycles. The second-order valence-electron chi connectivity index (χ2n) is 3.55. The van der Waals surface area contributed by atoms with Crippen LogP contribution in [-0.2, 0) is 0 Å². The van der Waals surface area contributed by atoms with E-state index >= 15 is 0 Å². The maximum absolute atomic E-state index is 4.07. The SMILES string of the molecule is CC(NC(C)c1cncs1)c1cn[nH]c1. The van der Waals surface area contributed by atoms with Gasteiger partial charge in [0.1, 0.15) is 0 Å². The Kier molecular flexibility index (Phi) is 3.13. The van der Waals surface area contributed by atoms with Gasteiger partial charge in [0.15, 0.2) is 0 Å². The van der Waals surface area contributed by atoms with Crippen LogP contribution in [0.4, 0.5) is 0 Å². The monoisotopic (exact) mass is 222 g/mol. The van der Waals surface area contributed by atoms with E-state index in [0.717, 1.165) is 0 Å².